The van der Waals surface area contributed by atoms with E-state index in [-0.39, 0.29) is 24.3 Å². The Kier molecular flexibility index (Phi) is 8.22. The second-order valence-electron chi connectivity index (χ2n) is 6.00. The predicted octanol–water partition coefficient (Wildman–Crippen LogP) is 3.63. The Morgan fingerprint density at radius 3 is 2.46 bits per heavy atom. The minimum absolute atomic E-state index is 0.0828. The van der Waals surface area contributed by atoms with Gasteiger partial charge in [-0.15, -0.1) is 11.8 Å². The molecule has 2 aromatic carbocycles. The van der Waals surface area contributed by atoms with Gasteiger partial charge in [-0.3, -0.25) is 9.59 Å². The van der Waals surface area contributed by atoms with Gasteiger partial charge in [0.15, 0.2) is 0 Å². The lowest BCUT2D eigenvalue weighted by atomic mass is 9.99. The van der Waals surface area contributed by atoms with Gasteiger partial charge in [0.25, 0.3) is 0 Å². The summed E-state index contributed by atoms with van der Waals surface area (Å²) >= 11 is 1.50. The molecule has 0 bridgehead atoms. The summed E-state index contributed by atoms with van der Waals surface area (Å²) < 4.78 is 5.16. The number of carbonyl (C=O) groups is 2. The van der Waals surface area contributed by atoms with Crippen LogP contribution in [0.1, 0.15) is 18.1 Å². The predicted molar refractivity (Wildman–Crippen MR) is 105 cm³/mol. The lowest BCUT2D eigenvalue weighted by Crippen LogP contribution is -2.36. The molecule has 0 aliphatic carbocycles. The maximum atomic E-state index is 12.2. The summed E-state index contributed by atoms with van der Waals surface area (Å²) in [4.78, 5) is 25.5. The number of rotatable bonds is 9. The van der Waals surface area contributed by atoms with Crippen molar-refractivity contribution in [3.05, 3.63) is 65.7 Å². The largest absolute Gasteiger partial charge is 0.466 e. The third kappa shape index (κ3) is 6.56. The van der Waals surface area contributed by atoms with Crippen LogP contribution >= 0.6 is 11.8 Å². The molecule has 4 nitrogen and oxygen atoms in total. The number of amides is 1. The molecule has 2 rings (SSSR count). The van der Waals surface area contributed by atoms with E-state index in [1.807, 2.05) is 61.5 Å². The van der Waals surface area contributed by atoms with Crippen molar-refractivity contribution >= 4 is 23.6 Å². The van der Waals surface area contributed by atoms with Crippen LogP contribution in [0.4, 0.5) is 0 Å². The van der Waals surface area contributed by atoms with Gasteiger partial charge in [0, 0.05) is 11.4 Å². The second-order valence-corrected chi connectivity index (χ2v) is 7.01. The summed E-state index contributed by atoms with van der Waals surface area (Å²) in [7, 11) is 0. The van der Waals surface area contributed by atoms with Gasteiger partial charge >= 0.3 is 5.97 Å². The van der Waals surface area contributed by atoms with Gasteiger partial charge in [-0.1, -0.05) is 48.5 Å². The Labute approximate surface area is 159 Å². The fraction of sp³-hybridized carbons (Fsp3) is 0.333. The minimum Gasteiger partial charge on any atom is -0.466 e. The number of aryl methyl sites for hydroxylation is 1. The molecule has 1 N–H and O–H groups in total. The van der Waals surface area contributed by atoms with Crippen LogP contribution in [0, 0.1) is 12.8 Å². The molecule has 138 valence electrons. The van der Waals surface area contributed by atoms with E-state index in [2.05, 4.69) is 5.32 Å². The van der Waals surface area contributed by atoms with Crippen molar-refractivity contribution in [2.24, 2.45) is 5.92 Å². The number of benzene rings is 2. The first-order chi connectivity index (χ1) is 12.6. The summed E-state index contributed by atoms with van der Waals surface area (Å²) in [6, 6.07) is 17.7. The highest BCUT2D eigenvalue weighted by molar-refractivity contribution is 8.00. The van der Waals surface area contributed by atoms with E-state index in [0.29, 0.717) is 18.8 Å². The third-order valence-corrected chi connectivity index (χ3v) is 5.12. The fourth-order valence-electron chi connectivity index (χ4n) is 2.55. The second kappa shape index (κ2) is 10.7. The molecule has 2 aromatic rings. The summed E-state index contributed by atoms with van der Waals surface area (Å²) in [5, 5.41) is 2.87. The average molecular weight is 372 g/mol. The SMILES string of the molecule is CCOC(=O)C(CNC(=O)CSc1ccccc1C)Cc1ccccc1. The molecule has 0 radical (unpaired) electrons. The van der Waals surface area contributed by atoms with E-state index in [1.54, 1.807) is 6.92 Å². The highest BCUT2D eigenvalue weighted by atomic mass is 32.2. The van der Waals surface area contributed by atoms with E-state index in [4.69, 9.17) is 4.74 Å². The van der Waals surface area contributed by atoms with Gasteiger partial charge < -0.3 is 10.1 Å². The van der Waals surface area contributed by atoms with Gasteiger partial charge in [-0.05, 0) is 37.5 Å². The number of hydrogen-bond donors (Lipinski definition) is 1. The molecule has 0 saturated heterocycles. The van der Waals surface area contributed by atoms with Crippen molar-refractivity contribution in [2.45, 2.75) is 25.2 Å². The zero-order valence-corrected chi connectivity index (χ0v) is 16.1. The van der Waals surface area contributed by atoms with E-state index in [0.717, 1.165) is 16.0 Å². The van der Waals surface area contributed by atoms with Crippen molar-refractivity contribution in [1.29, 1.82) is 0 Å². The normalized spacial score (nSPS) is 11.6. The molecule has 0 heterocycles. The van der Waals surface area contributed by atoms with Gasteiger partial charge in [-0.2, -0.15) is 0 Å². The van der Waals surface area contributed by atoms with Gasteiger partial charge in [0.1, 0.15) is 0 Å². The van der Waals surface area contributed by atoms with E-state index < -0.39 is 0 Å². The summed E-state index contributed by atoms with van der Waals surface area (Å²) in [5.41, 5.74) is 2.20. The molecular formula is C21H25NO3S. The molecular weight excluding hydrogens is 346 g/mol. The topological polar surface area (TPSA) is 55.4 Å². The van der Waals surface area contributed by atoms with Gasteiger partial charge in [0.05, 0.1) is 18.3 Å². The number of carbonyl (C=O) groups excluding carboxylic acids is 2. The Morgan fingerprint density at radius 2 is 1.77 bits per heavy atom. The molecule has 0 spiro atoms. The summed E-state index contributed by atoms with van der Waals surface area (Å²) in [5.74, 6) is -0.417. The monoisotopic (exact) mass is 371 g/mol. The zero-order chi connectivity index (χ0) is 18.8. The van der Waals surface area contributed by atoms with Crippen molar-refractivity contribution in [3.63, 3.8) is 0 Å². The molecule has 0 aliphatic rings. The highest BCUT2D eigenvalue weighted by Crippen LogP contribution is 2.21. The minimum atomic E-state index is -0.384. The molecule has 0 fully saturated rings. The quantitative estimate of drug-likeness (QED) is 0.540. The number of nitrogens with one attached hydrogen (secondary N) is 1. The molecule has 0 aromatic heterocycles. The lowest BCUT2D eigenvalue weighted by Gasteiger charge is -2.16. The number of thioether (sulfide) groups is 1. The number of esters is 1. The molecule has 5 heteroatoms. The Morgan fingerprint density at radius 1 is 1.08 bits per heavy atom. The van der Waals surface area contributed by atoms with E-state index in [9.17, 15) is 9.59 Å². The number of hydrogen-bond acceptors (Lipinski definition) is 4. The van der Waals surface area contributed by atoms with Gasteiger partial charge in [0.2, 0.25) is 5.91 Å². The first-order valence-corrected chi connectivity index (χ1v) is 9.74. The van der Waals surface area contributed by atoms with Crippen LogP contribution in [0.3, 0.4) is 0 Å². The van der Waals surface area contributed by atoms with E-state index in [1.165, 1.54) is 11.8 Å². The fourth-order valence-corrected chi connectivity index (χ4v) is 3.41. The lowest BCUT2D eigenvalue weighted by molar-refractivity contribution is -0.147. The van der Waals surface area contributed by atoms with Crippen LogP contribution in [0.25, 0.3) is 0 Å². The Hall–Kier alpha value is -2.27. The Bertz CT molecular complexity index is 718. The Balaban J connectivity index is 1.88. The highest BCUT2D eigenvalue weighted by Gasteiger charge is 2.21. The first-order valence-electron chi connectivity index (χ1n) is 8.75. The van der Waals surface area contributed by atoms with Crippen LogP contribution in [0.15, 0.2) is 59.5 Å². The van der Waals surface area contributed by atoms with Crippen LogP contribution in [0.2, 0.25) is 0 Å². The van der Waals surface area contributed by atoms with Crippen molar-refractivity contribution in [1.82, 2.24) is 5.32 Å². The molecule has 1 atom stereocenters. The first kappa shape index (κ1) is 20.0. The standard InChI is InChI=1S/C21H25NO3S/c1-3-25-21(24)18(13-17-10-5-4-6-11-17)14-22-20(23)15-26-19-12-8-7-9-16(19)2/h4-12,18H,3,13-15H2,1-2H3,(H,22,23). The van der Waals surface area contributed by atoms with Crippen LogP contribution < -0.4 is 5.32 Å². The molecule has 0 aliphatic heterocycles. The maximum absolute atomic E-state index is 12.2. The van der Waals surface area contributed by atoms with Crippen LogP contribution in [-0.2, 0) is 20.7 Å². The molecule has 26 heavy (non-hydrogen) atoms. The molecule has 0 saturated carbocycles. The average Bonchev–Trinajstić information content (AvgIpc) is 2.65. The van der Waals surface area contributed by atoms with Crippen molar-refractivity contribution < 1.29 is 14.3 Å². The maximum Gasteiger partial charge on any atom is 0.311 e. The van der Waals surface area contributed by atoms with Crippen LogP contribution in [-0.4, -0.2) is 30.8 Å². The third-order valence-electron chi connectivity index (χ3n) is 3.94. The van der Waals surface area contributed by atoms with Crippen molar-refractivity contribution in [3.8, 4) is 0 Å². The summed E-state index contributed by atoms with van der Waals surface area (Å²) in [6.45, 7) is 4.42. The van der Waals surface area contributed by atoms with Crippen molar-refractivity contribution in [2.75, 3.05) is 18.9 Å². The molecule has 1 amide bonds. The van der Waals surface area contributed by atoms with Gasteiger partial charge in [-0.25, -0.2) is 0 Å². The smallest absolute Gasteiger partial charge is 0.311 e. The number of ether oxygens (including phenoxy) is 1. The molecule has 1 unspecified atom stereocenters. The zero-order valence-electron chi connectivity index (χ0n) is 15.2. The summed E-state index contributed by atoms with van der Waals surface area (Å²) in [6.07, 6.45) is 0.547. The van der Waals surface area contributed by atoms with Crippen LogP contribution in [0.5, 0.6) is 0 Å². The van der Waals surface area contributed by atoms with E-state index >= 15 is 0 Å².